The number of aliphatic hydroxyl groups is 1. The standard InChI is InChI=1S/C28H23F2N5O3/c1-28(2,37)20-13-21(32-27(25(20)30)16-6-8-19(29)9-7-16)23(36)15-35-14-22(33-34-35)18-11-17-5-4-10-31-26(17)24(12-18)38-3/h4-14,37H,15H2,1-3H3. The number of ether oxygens (including phenoxy) is 1. The first kappa shape index (κ1) is 25.1. The number of hydrogen-bond acceptors (Lipinski definition) is 7. The minimum absolute atomic E-state index is 0.0710. The highest BCUT2D eigenvalue weighted by Gasteiger charge is 2.27. The monoisotopic (exact) mass is 515 g/mol. The molecular formula is C28H23F2N5O3. The summed E-state index contributed by atoms with van der Waals surface area (Å²) >= 11 is 0. The van der Waals surface area contributed by atoms with E-state index in [4.69, 9.17) is 4.74 Å². The Labute approximate surface area is 216 Å². The van der Waals surface area contributed by atoms with Crippen molar-refractivity contribution in [1.82, 2.24) is 25.0 Å². The van der Waals surface area contributed by atoms with Gasteiger partial charge in [-0.15, -0.1) is 5.10 Å². The van der Waals surface area contributed by atoms with Crippen molar-refractivity contribution in [2.75, 3.05) is 7.11 Å². The van der Waals surface area contributed by atoms with Gasteiger partial charge in [-0.1, -0.05) is 11.3 Å². The number of halogens is 2. The first-order chi connectivity index (χ1) is 18.1. The van der Waals surface area contributed by atoms with Crippen molar-refractivity contribution in [3.63, 3.8) is 0 Å². The highest BCUT2D eigenvalue weighted by atomic mass is 19.1. The van der Waals surface area contributed by atoms with Crippen LogP contribution in [0.15, 0.2) is 67.0 Å². The molecule has 3 heterocycles. The number of Topliss-reactive ketones (excluding diaryl/α,β-unsaturated/α-hetero) is 1. The summed E-state index contributed by atoms with van der Waals surface area (Å²) < 4.78 is 35.6. The number of rotatable bonds is 7. The van der Waals surface area contributed by atoms with Gasteiger partial charge in [0.25, 0.3) is 0 Å². The van der Waals surface area contributed by atoms with Crippen LogP contribution in [0.25, 0.3) is 33.4 Å². The third-order valence-corrected chi connectivity index (χ3v) is 6.05. The Bertz CT molecular complexity index is 1660. The van der Waals surface area contributed by atoms with Gasteiger partial charge >= 0.3 is 0 Å². The average Bonchev–Trinajstić information content (AvgIpc) is 3.36. The predicted octanol–water partition coefficient (Wildman–Crippen LogP) is 4.95. The molecule has 0 fully saturated rings. The topological polar surface area (TPSA) is 103 Å². The third kappa shape index (κ3) is 4.85. The zero-order valence-electron chi connectivity index (χ0n) is 20.8. The molecule has 2 aromatic carbocycles. The number of ketones is 1. The van der Waals surface area contributed by atoms with Crippen LogP contribution in [0.4, 0.5) is 8.78 Å². The van der Waals surface area contributed by atoms with E-state index < -0.39 is 23.0 Å². The molecule has 3 aromatic heterocycles. The van der Waals surface area contributed by atoms with Gasteiger partial charge in [0.05, 0.1) is 18.9 Å². The molecule has 5 rings (SSSR count). The average molecular weight is 516 g/mol. The number of benzene rings is 2. The maximum atomic E-state index is 15.3. The summed E-state index contributed by atoms with van der Waals surface area (Å²) in [6.45, 7) is 2.59. The molecule has 0 aliphatic rings. The van der Waals surface area contributed by atoms with Gasteiger partial charge in [0, 0.05) is 28.3 Å². The fourth-order valence-electron chi connectivity index (χ4n) is 4.11. The number of methoxy groups -OCH3 is 1. The molecule has 0 unspecified atom stereocenters. The van der Waals surface area contributed by atoms with Crippen molar-refractivity contribution < 1.29 is 23.4 Å². The van der Waals surface area contributed by atoms with Crippen molar-refractivity contribution in [3.8, 4) is 28.3 Å². The van der Waals surface area contributed by atoms with Crippen LogP contribution < -0.4 is 4.74 Å². The van der Waals surface area contributed by atoms with E-state index in [9.17, 15) is 14.3 Å². The molecule has 0 radical (unpaired) electrons. The molecule has 192 valence electrons. The SMILES string of the molecule is COc1cc(-c2cn(CC(=O)c3cc(C(C)(C)O)c(F)c(-c4ccc(F)cc4)n3)nn2)cc2cccnc12. The van der Waals surface area contributed by atoms with Crippen LogP contribution in [-0.2, 0) is 12.1 Å². The summed E-state index contributed by atoms with van der Waals surface area (Å²) in [7, 11) is 1.56. The van der Waals surface area contributed by atoms with Crippen LogP contribution in [0.2, 0.25) is 0 Å². The van der Waals surface area contributed by atoms with E-state index in [1.165, 1.54) is 48.9 Å². The molecule has 1 N–H and O–H groups in total. The molecule has 8 nitrogen and oxygen atoms in total. The lowest BCUT2D eigenvalue weighted by Gasteiger charge is -2.21. The lowest BCUT2D eigenvalue weighted by atomic mass is 9.94. The van der Waals surface area contributed by atoms with E-state index >= 15 is 4.39 Å². The van der Waals surface area contributed by atoms with Crippen LogP contribution in [0, 0.1) is 11.6 Å². The number of hydrogen-bond donors (Lipinski definition) is 1. The second-order valence-corrected chi connectivity index (χ2v) is 9.26. The lowest BCUT2D eigenvalue weighted by molar-refractivity contribution is 0.0743. The van der Waals surface area contributed by atoms with Crippen LogP contribution in [0.3, 0.4) is 0 Å². The number of carbonyl (C=O) groups is 1. The van der Waals surface area contributed by atoms with Gasteiger partial charge in [0.15, 0.2) is 5.82 Å². The van der Waals surface area contributed by atoms with Gasteiger partial charge in [-0.25, -0.2) is 18.4 Å². The number of aromatic nitrogens is 5. The third-order valence-electron chi connectivity index (χ3n) is 6.05. The molecule has 0 amide bonds. The Balaban J connectivity index is 1.48. The van der Waals surface area contributed by atoms with E-state index in [1.54, 1.807) is 25.6 Å². The van der Waals surface area contributed by atoms with Gasteiger partial charge in [-0.2, -0.15) is 0 Å². The van der Waals surface area contributed by atoms with Crippen molar-refractivity contribution in [1.29, 1.82) is 0 Å². The second-order valence-electron chi connectivity index (χ2n) is 9.26. The van der Waals surface area contributed by atoms with Gasteiger partial charge in [-0.3, -0.25) is 9.78 Å². The van der Waals surface area contributed by atoms with Crippen LogP contribution in [-0.4, -0.2) is 43.0 Å². The first-order valence-electron chi connectivity index (χ1n) is 11.7. The number of fused-ring (bicyclic) bond motifs is 1. The molecule has 10 heteroatoms. The van der Waals surface area contributed by atoms with Crippen LogP contribution in [0.1, 0.15) is 29.9 Å². The molecule has 0 saturated carbocycles. The number of pyridine rings is 2. The van der Waals surface area contributed by atoms with E-state index in [2.05, 4.69) is 20.3 Å². The fourth-order valence-corrected chi connectivity index (χ4v) is 4.11. The zero-order valence-corrected chi connectivity index (χ0v) is 20.8. The summed E-state index contributed by atoms with van der Waals surface area (Å²) in [5.74, 6) is -1.18. The largest absolute Gasteiger partial charge is 0.494 e. The van der Waals surface area contributed by atoms with E-state index in [0.29, 0.717) is 17.0 Å². The molecule has 0 aliphatic carbocycles. The maximum Gasteiger partial charge on any atom is 0.202 e. The van der Waals surface area contributed by atoms with E-state index in [-0.39, 0.29) is 29.1 Å². The smallest absolute Gasteiger partial charge is 0.202 e. The van der Waals surface area contributed by atoms with E-state index in [0.717, 1.165) is 10.9 Å². The van der Waals surface area contributed by atoms with Crippen molar-refractivity contribution in [2.45, 2.75) is 26.0 Å². The van der Waals surface area contributed by atoms with Gasteiger partial charge in [0.1, 0.15) is 40.7 Å². The molecule has 0 aliphatic heterocycles. The molecule has 0 saturated heterocycles. The van der Waals surface area contributed by atoms with Crippen molar-refractivity contribution in [2.24, 2.45) is 0 Å². The molecule has 0 atom stereocenters. The highest BCUT2D eigenvalue weighted by molar-refractivity contribution is 5.95. The Morgan fingerprint density at radius 1 is 1.08 bits per heavy atom. The summed E-state index contributed by atoms with van der Waals surface area (Å²) in [6, 6.07) is 13.7. The van der Waals surface area contributed by atoms with Crippen LogP contribution in [0.5, 0.6) is 5.75 Å². The van der Waals surface area contributed by atoms with E-state index in [1.807, 2.05) is 18.2 Å². The van der Waals surface area contributed by atoms with Gasteiger partial charge in [0.2, 0.25) is 5.78 Å². The maximum absolute atomic E-state index is 15.3. The highest BCUT2D eigenvalue weighted by Crippen LogP contribution is 2.32. The summed E-state index contributed by atoms with van der Waals surface area (Å²) in [5.41, 5.74) is 0.284. The predicted molar refractivity (Wildman–Crippen MR) is 136 cm³/mol. The molecule has 0 spiro atoms. The lowest BCUT2D eigenvalue weighted by Crippen LogP contribution is -2.21. The molecule has 38 heavy (non-hydrogen) atoms. The Hall–Kier alpha value is -4.57. The second kappa shape index (κ2) is 9.71. The fraction of sp³-hybridized carbons (Fsp3) is 0.179. The zero-order chi connectivity index (χ0) is 27.0. The minimum atomic E-state index is -1.60. The summed E-state index contributed by atoms with van der Waals surface area (Å²) in [5, 5.41) is 19.7. The Morgan fingerprint density at radius 2 is 1.84 bits per heavy atom. The molecule has 0 bridgehead atoms. The Morgan fingerprint density at radius 3 is 2.55 bits per heavy atom. The summed E-state index contributed by atoms with van der Waals surface area (Å²) in [6.07, 6.45) is 3.29. The quantitative estimate of drug-likeness (QED) is 0.306. The molecule has 5 aromatic rings. The molecular weight excluding hydrogens is 492 g/mol. The summed E-state index contributed by atoms with van der Waals surface area (Å²) in [4.78, 5) is 21.8. The van der Waals surface area contributed by atoms with Gasteiger partial charge in [-0.05, 0) is 62.4 Å². The van der Waals surface area contributed by atoms with Crippen LogP contribution >= 0.6 is 0 Å². The first-order valence-corrected chi connectivity index (χ1v) is 11.7. The van der Waals surface area contributed by atoms with Gasteiger partial charge < -0.3 is 9.84 Å². The Kier molecular flexibility index (Phi) is 6.41. The normalized spacial score (nSPS) is 11.6. The minimum Gasteiger partial charge on any atom is -0.494 e. The number of carbonyl (C=O) groups excluding carboxylic acids is 1. The van der Waals surface area contributed by atoms with Crippen molar-refractivity contribution >= 4 is 16.7 Å². The number of nitrogens with zero attached hydrogens (tertiary/aromatic N) is 5. The van der Waals surface area contributed by atoms with Crippen molar-refractivity contribution in [3.05, 3.63) is 89.9 Å².